The third-order valence-corrected chi connectivity index (χ3v) is 4.45. The fraction of sp³-hybridized carbons (Fsp3) is 0.562. The van der Waals surface area contributed by atoms with E-state index < -0.39 is 0 Å². The predicted octanol–water partition coefficient (Wildman–Crippen LogP) is 2.01. The Labute approximate surface area is 119 Å². The number of anilines is 1. The number of hydrogen-bond donors (Lipinski definition) is 3. The molecular formula is C16H22N2O2. The number of aliphatic hydroxyl groups excluding tert-OH is 1. The van der Waals surface area contributed by atoms with Crippen molar-refractivity contribution in [3.63, 3.8) is 0 Å². The molecule has 0 spiro atoms. The van der Waals surface area contributed by atoms with Crippen LogP contribution in [0, 0.1) is 0 Å². The fourth-order valence-corrected chi connectivity index (χ4v) is 3.31. The zero-order valence-corrected chi connectivity index (χ0v) is 11.6. The molecule has 1 unspecified atom stereocenters. The molecule has 1 aliphatic heterocycles. The smallest absolute Gasteiger partial charge is 0.220 e. The van der Waals surface area contributed by atoms with E-state index in [1.54, 1.807) is 0 Å². The van der Waals surface area contributed by atoms with Crippen LogP contribution < -0.4 is 10.6 Å². The Morgan fingerprint density at radius 3 is 2.95 bits per heavy atom. The van der Waals surface area contributed by atoms with Gasteiger partial charge in [-0.3, -0.25) is 4.79 Å². The normalized spacial score (nSPS) is 28.6. The zero-order valence-electron chi connectivity index (χ0n) is 11.6. The first-order valence-corrected chi connectivity index (χ1v) is 7.54. The molecule has 0 aromatic heterocycles. The maximum atomic E-state index is 12.2. The first kappa shape index (κ1) is 13.4. The summed E-state index contributed by atoms with van der Waals surface area (Å²) in [5, 5.41) is 16.3. The van der Waals surface area contributed by atoms with Crippen molar-refractivity contribution in [2.75, 3.05) is 11.9 Å². The molecule has 4 nitrogen and oxygen atoms in total. The second-order valence-electron chi connectivity index (χ2n) is 5.90. The Kier molecular flexibility index (Phi) is 3.92. The highest BCUT2D eigenvalue weighted by Gasteiger charge is 2.28. The number of carbonyl (C=O) groups is 1. The minimum Gasteiger partial charge on any atom is -0.391 e. The minimum absolute atomic E-state index is 0.0548. The van der Waals surface area contributed by atoms with Crippen LogP contribution in [0.3, 0.4) is 0 Å². The van der Waals surface area contributed by atoms with E-state index in [0.29, 0.717) is 6.42 Å². The molecule has 0 radical (unpaired) electrons. The lowest BCUT2D eigenvalue weighted by molar-refractivity contribution is -0.123. The number of rotatable bonds is 3. The number of fused-ring (bicyclic) bond motifs is 1. The Hall–Kier alpha value is -1.55. The number of aliphatic hydroxyl groups is 1. The van der Waals surface area contributed by atoms with Crippen molar-refractivity contribution < 1.29 is 9.90 Å². The van der Waals surface area contributed by atoms with Crippen LogP contribution in [0.15, 0.2) is 24.3 Å². The Morgan fingerprint density at radius 1 is 1.30 bits per heavy atom. The number of para-hydroxylation sites is 1. The van der Waals surface area contributed by atoms with E-state index in [-0.39, 0.29) is 24.0 Å². The quantitative estimate of drug-likeness (QED) is 0.790. The summed E-state index contributed by atoms with van der Waals surface area (Å²) in [6, 6.07) is 8.11. The fourth-order valence-electron chi connectivity index (χ4n) is 3.31. The van der Waals surface area contributed by atoms with Gasteiger partial charge < -0.3 is 15.7 Å². The SMILES string of the molecule is O=C(CC1CNc2ccccc21)N[C@@H]1CCCC[C@H]1O. The van der Waals surface area contributed by atoms with Gasteiger partial charge in [0.2, 0.25) is 5.91 Å². The first-order chi connectivity index (χ1) is 9.74. The highest BCUT2D eigenvalue weighted by Crippen LogP contribution is 2.33. The summed E-state index contributed by atoms with van der Waals surface area (Å²) in [5.74, 6) is 0.298. The Morgan fingerprint density at radius 2 is 2.10 bits per heavy atom. The third kappa shape index (κ3) is 2.80. The summed E-state index contributed by atoms with van der Waals surface area (Å²) < 4.78 is 0. The van der Waals surface area contributed by atoms with Crippen LogP contribution in [0.25, 0.3) is 0 Å². The molecule has 1 aromatic rings. The average molecular weight is 274 g/mol. The number of hydrogen-bond acceptors (Lipinski definition) is 3. The summed E-state index contributed by atoms with van der Waals surface area (Å²) in [5.41, 5.74) is 2.37. The topological polar surface area (TPSA) is 61.4 Å². The summed E-state index contributed by atoms with van der Waals surface area (Å²) >= 11 is 0. The van der Waals surface area contributed by atoms with Gasteiger partial charge in [0.15, 0.2) is 0 Å². The monoisotopic (exact) mass is 274 g/mol. The number of benzene rings is 1. The van der Waals surface area contributed by atoms with Gasteiger partial charge in [0.05, 0.1) is 12.1 Å². The molecule has 1 aliphatic carbocycles. The second-order valence-corrected chi connectivity index (χ2v) is 5.90. The van der Waals surface area contributed by atoms with Crippen LogP contribution in [0.4, 0.5) is 5.69 Å². The second kappa shape index (κ2) is 5.83. The summed E-state index contributed by atoms with van der Waals surface area (Å²) in [6.07, 6.45) is 3.98. The lowest BCUT2D eigenvalue weighted by Gasteiger charge is -2.28. The average Bonchev–Trinajstić information content (AvgIpc) is 2.85. The van der Waals surface area contributed by atoms with E-state index in [1.807, 2.05) is 12.1 Å². The molecule has 3 rings (SSSR count). The molecule has 1 heterocycles. The summed E-state index contributed by atoms with van der Waals surface area (Å²) in [6.45, 7) is 0.819. The highest BCUT2D eigenvalue weighted by atomic mass is 16.3. The van der Waals surface area contributed by atoms with Gasteiger partial charge in [-0.25, -0.2) is 0 Å². The van der Waals surface area contributed by atoms with E-state index in [2.05, 4.69) is 22.8 Å². The van der Waals surface area contributed by atoms with Crippen molar-refractivity contribution in [1.29, 1.82) is 0 Å². The van der Waals surface area contributed by atoms with Crippen LogP contribution in [0.5, 0.6) is 0 Å². The summed E-state index contributed by atoms with van der Waals surface area (Å²) in [7, 11) is 0. The first-order valence-electron chi connectivity index (χ1n) is 7.54. The molecule has 1 fully saturated rings. The van der Waals surface area contributed by atoms with Crippen molar-refractivity contribution in [3.05, 3.63) is 29.8 Å². The maximum absolute atomic E-state index is 12.2. The zero-order chi connectivity index (χ0) is 13.9. The van der Waals surface area contributed by atoms with Crippen molar-refractivity contribution in [2.24, 2.45) is 0 Å². The van der Waals surface area contributed by atoms with Gasteiger partial charge in [0.25, 0.3) is 0 Å². The van der Waals surface area contributed by atoms with Crippen LogP contribution in [0.2, 0.25) is 0 Å². The third-order valence-electron chi connectivity index (χ3n) is 4.45. The van der Waals surface area contributed by atoms with Crippen molar-refractivity contribution in [2.45, 2.75) is 50.2 Å². The molecule has 2 aliphatic rings. The van der Waals surface area contributed by atoms with Crippen LogP contribution in [0.1, 0.15) is 43.6 Å². The van der Waals surface area contributed by atoms with Crippen molar-refractivity contribution >= 4 is 11.6 Å². The van der Waals surface area contributed by atoms with Crippen molar-refractivity contribution in [1.82, 2.24) is 5.32 Å². The molecule has 0 bridgehead atoms. The van der Waals surface area contributed by atoms with Gasteiger partial charge in [0.1, 0.15) is 0 Å². The van der Waals surface area contributed by atoms with E-state index in [1.165, 1.54) is 5.56 Å². The van der Waals surface area contributed by atoms with Gasteiger partial charge in [0, 0.05) is 24.6 Å². The number of carbonyl (C=O) groups excluding carboxylic acids is 1. The van der Waals surface area contributed by atoms with Gasteiger partial charge in [-0.2, -0.15) is 0 Å². The lowest BCUT2D eigenvalue weighted by atomic mass is 9.92. The molecule has 1 amide bonds. The van der Waals surface area contributed by atoms with Gasteiger partial charge in [-0.1, -0.05) is 31.0 Å². The standard InChI is InChI=1S/C16H22N2O2/c19-15-8-4-3-7-14(15)18-16(20)9-11-10-17-13-6-2-1-5-12(11)13/h1-2,5-6,11,14-15,17,19H,3-4,7-10H2,(H,18,20)/t11?,14-,15-/m1/s1. The predicted molar refractivity (Wildman–Crippen MR) is 78.7 cm³/mol. The van der Waals surface area contributed by atoms with Crippen LogP contribution >= 0.6 is 0 Å². The molecule has 3 atom stereocenters. The van der Waals surface area contributed by atoms with Crippen molar-refractivity contribution in [3.8, 4) is 0 Å². The molecule has 0 saturated heterocycles. The maximum Gasteiger partial charge on any atom is 0.220 e. The Balaban J connectivity index is 1.57. The van der Waals surface area contributed by atoms with Gasteiger partial charge >= 0.3 is 0 Å². The highest BCUT2D eigenvalue weighted by molar-refractivity contribution is 5.78. The molecule has 1 aromatic carbocycles. The largest absolute Gasteiger partial charge is 0.391 e. The molecule has 108 valence electrons. The van der Waals surface area contributed by atoms with Gasteiger partial charge in [-0.05, 0) is 24.5 Å². The number of nitrogens with one attached hydrogen (secondary N) is 2. The molecule has 3 N–H and O–H groups in total. The summed E-state index contributed by atoms with van der Waals surface area (Å²) in [4.78, 5) is 12.2. The van der Waals surface area contributed by atoms with Crippen LogP contribution in [-0.4, -0.2) is 29.7 Å². The van der Waals surface area contributed by atoms with Crippen LogP contribution in [-0.2, 0) is 4.79 Å². The van der Waals surface area contributed by atoms with Gasteiger partial charge in [-0.15, -0.1) is 0 Å². The van der Waals surface area contributed by atoms with E-state index in [9.17, 15) is 9.90 Å². The molecule has 4 heteroatoms. The molecule has 20 heavy (non-hydrogen) atoms. The van der Waals surface area contributed by atoms with E-state index >= 15 is 0 Å². The minimum atomic E-state index is -0.373. The lowest BCUT2D eigenvalue weighted by Crippen LogP contribution is -2.45. The molecular weight excluding hydrogens is 252 g/mol. The molecule has 1 saturated carbocycles. The van der Waals surface area contributed by atoms with E-state index in [4.69, 9.17) is 0 Å². The van der Waals surface area contributed by atoms with E-state index in [0.717, 1.165) is 37.9 Å². The Bertz CT molecular complexity index is 489. The number of amides is 1.